The van der Waals surface area contributed by atoms with E-state index in [1.165, 1.54) is 0 Å². The predicted octanol–water partition coefficient (Wildman–Crippen LogP) is 2.60. The van der Waals surface area contributed by atoms with Gasteiger partial charge in [0.1, 0.15) is 5.56 Å². The highest BCUT2D eigenvalue weighted by Gasteiger charge is 2.18. The first-order chi connectivity index (χ1) is 6.57. The van der Waals surface area contributed by atoms with Crippen LogP contribution in [0.25, 0.3) is 10.4 Å². The lowest BCUT2D eigenvalue weighted by molar-refractivity contribution is 0.0691. The molecular weight excluding hydrogens is 196 g/mol. The zero-order valence-corrected chi connectivity index (χ0v) is 6.61. The molecule has 0 radical (unpaired) electrons. The van der Waals surface area contributed by atoms with Crippen LogP contribution in [0.1, 0.15) is 10.4 Å². The second kappa shape index (κ2) is 3.71. The molecule has 0 unspecified atom stereocenters. The van der Waals surface area contributed by atoms with Gasteiger partial charge in [-0.2, -0.15) is 0 Å². The molecule has 0 amide bonds. The molecular formula is C7H3F2N3O2. The van der Waals surface area contributed by atoms with Gasteiger partial charge in [0.05, 0.1) is 5.69 Å². The smallest absolute Gasteiger partial charge is 0.339 e. The van der Waals surface area contributed by atoms with E-state index >= 15 is 0 Å². The lowest BCUT2D eigenvalue weighted by atomic mass is 10.1. The Balaban J connectivity index is 3.52. The van der Waals surface area contributed by atoms with Gasteiger partial charge < -0.3 is 5.11 Å². The van der Waals surface area contributed by atoms with E-state index in [1.54, 1.807) is 0 Å². The molecule has 0 spiro atoms. The summed E-state index contributed by atoms with van der Waals surface area (Å²) in [7, 11) is 0. The number of nitrogens with zero attached hydrogens (tertiary/aromatic N) is 3. The first kappa shape index (κ1) is 9.94. The fourth-order valence-electron chi connectivity index (χ4n) is 0.875. The standard InChI is InChI=1S/C7H3F2N3O2/c8-3-1-2-4(11-12-10)5(6(3)9)7(13)14/h1-2H,(H,13,14). The molecule has 0 aliphatic heterocycles. The number of benzene rings is 1. The number of aromatic carboxylic acids is 1. The van der Waals surface area contributed by atoms with Crippen LogP contribution in [0.3, 0.4) is 0 Å². The van der Waals surface area contributed by atoms with E-state index < -0.39 is 28.9 Å². The largest absolute Gasteiger partial charge is 0.478 e. The summed E-state index contributed by atoms with van der Waals surface area (Å²) in [6.07, 6.45) is 0. The number of azide groups is 1. The van der Waals surface area contributed by atoms with Crippen molar-refractivity contribution in [1.29, 1.82) is 0 Å². The second-order valence-electron chi connectivity index (χ2n) is 2.25. The third kappa shape index (κ3) is 1.62. The first-order valence-electron chi connectivity index (χ1n) is 3.34. The minimum absolute atomic E-state index is 0.459. The first-order valence-corrected chi connectivity index (χ1v) is 3.34. The number of carboxylic acid groups (broad SMARTS) is 1. The topological polar surface area (TPSA) is 86.1 Å². The highest BCUT2D eigenvalue weighted by Crippen LogP contribution is 2.24. The molecule has 14 heavy (non-hydrogen) atoms. The molecule has 0 fully saturated rings. The summed E-state index contributed by atoms with van der Waals surface area (Å²) < 4.78 is 25.5. The average molecular weight is 199 g/mol. The van der Waals surface area contributed by atoms with Crippen LogP contribution in [0, 0.1) is 11.6 Å². The maximum atomic E-state index is 12.9. The molecule has 1 N–H and O–H groups in total. The van der Waals surface area contributed by atoms with Gasteiger partial charge in [-0.1, -0.05) is 5.11 Å². The van der Waals surface area contributed by atoms with Gasteiger partial charge in [0.2, 0.25) is 0 Å². The average Bonchev–Trinajstić information content (AvgIpc) is 2.11. The summed E-state index contributed by atoms with van der Waals surface area (Å²) in [5, 5.41) is 11.4. The van der Waals surface area contributed by atoms with Crippen LogP contribution in [-0.2, 0) is 0 Å². The Kier molecular flexibility index (Phi) is 2.64. The van der Waals surface area contributed by atoms with Crippen molar-refractivity contribution in [1.82, 2.24) is 0 Å². The molecule has 0 bridgehead atoms. The third-order valence-electron chi connectivity index (χ3n) is 1.44. The Morgan fingerprint density at radius 1 is 1.50 bits per heavy atom. The molecule has 0 aliphatic carbocycles. The molecule has 1 rings (SSSR count). The predicted molar refractivity (Wildman–Crippen MR) is 42.1 cm³/mol. The van der Waals surface area contributed by atoms with Crippen LogP contribution in [0.2, 0.25) is 0 Å². The summed E-state index contributed by atoms with van der Waals surface area (Å²) in [6, 6.07) is 1.58. The molecule has 7 heteroatoms. The summed E-state index contributed by atoms with van der Waals surface area (Å²) in [5.41, 5.74) is 6.61. The monoisotopic (exact) mass is 199 g/mol. The van der Waals surface area contributed by atoms with Crippen molar-refractivity contribution in [2.75, 3.05) is 0 Å². The van der Waals surface area contributed by atoms with Crippen LogP contribution in [0.5, 0.6) is 0 Å². The van der Waals surface area contributed by atoms with E-state index in [4.69, 9.17) is 10.6 Å². The van der Waals surface area contributed by atoms with Gasteiger partial charge in [0.25, 0.3) is 0 Å². The zero-order chi connectivity index (χ0) is 10.7. The number of hydrogen-bond donors (Lipinski definition) is 1. The van der Waals surface area contributed by atoms with Crippen LogP contribution in [-0.4, -0.2) is 11.1 Å². The van der Waals surface area contributed by atoms with Gasteiger partial charge >= 0.3 is 5.97 Å². The van der Waals surface area contributed by atoms with Crippen molar-refractivity contribution in [3.05, 3.63) is 39.8 Å². The maximum absolute atomic E-state index is 12.9. The minimum atomic E-state index is -1.69. The fourth-order valence-corrected chi connectivity index (χ4v) is 0.875. The van der Waals surface area contributed by atoms with Crippen LogP contribution in [0.15, 0.2) is 17.2 Å². The van der Waals surface area contributed by atoms with E-state index in [2.05, 4.69) is 10.0 Å². The summed E-state index contributed by atoms with van der Waals surface area (Å²) in [5.74, 6) is -4.54. The van der Waals surface area contributed by atoms with E-state index in [0.717, 1.165) is 6.07 Å². The van der Waals surface area contributed by atoms with Crippen LogP contribution in [0.4, 0.5) is 14.5 Å². The number of carbonyl (C=O) groups is 1. The molecule has 0 saturated carbocycles. The lowest BCUT2D eigenvalue weighted by Crippen LogP contribution is -2.02. The second-order valence-corrected chi connectivity index (χ2v) is 2.25. The van der Waals surface area contributed by atoms with E-state index in [0.29, 0.717) is 6.07 Å². The van der Waals surface area contributed by atoms with Crippen molar-refractivity contribution in [3.63, 3.8) is 0 Å². The van der Waals surface area contributed by atoms with Crippen molar-refractivity contribution < 1.29 is 18.7 Å². The van der Waals surface area contributed by atoms with Crippen molar-refractivity contribution in [2.45, 2.75) is 0 Å². The normalized spacial score (nSPS) is 9.29. The van der Waals surface area contributed by atoms with Gasteiger partial charge in [-0.3, -0.25) is 0 Å². The quantitative estimate of drug-likeness (QED) is 0.450. The van der Waals surface area contributed by atoms with E-state index in [1.807, 2.05) is 0 Å². The van der Waals surface area contributed by atoms with Gasteiger partial charge in [-0.25, -0.2) is 13.6 Å². The number of carboxylic acids is 1. The molecule has 0 aromatic heterocycles. The van der Waals surface area contributed by atoms with Gasteiger partial charge in [-0.15, -0.1) is 0 Å². The molecule has 1 aromatic carbocycles. The third-order valence-corrected chi connectivity index (χ3v) is 1.44. The Labute approximate surface area is 76.2 Å². The van der Waals surface area contributed by atoms with Crippen LogP contribution >= 0.6 is 0 Å². The molecule has 72 valence electrons. The van der Waals surface area contributed by atoms with Crippen molar-refractivity contribution in [2.24, 2.45) is 5.11 Å². The number of hydrogen-bond acceptors (Lipinski definition) is 2. The Morgan fingerprint density at radius 3 is 2.64 bits per heavy atom. The Bertz CT molecular complexity index is 441. The SMILES string of the molecule is [N-]=[N+]=Nc1ccc(F)c(F)c1C(=O)O. The van der Waals surface area contributed by atoms with Crippen molar-refractivity contribution in [3.8, 4) is 0 Å². The lowest BCUT2D eigenvalue weighted by Gasteiger charge is -2.01. The zero-order valence-electron chi connectivity index (χ0n) is 6.61. The highest BCUT2D eigenvalue weighted by molar-refractivity contribution is 5.93. The Morgan fingerprint density at radius 2 is 2.14 bits per heavy atom. The highest BCUT2D eigenvalue weighted by atomic mass is 19.2. The fraction of sp³-hybridized carbons (Fsp3) is 0. The molecule has 0 saturated heterocycles. The summed E-state index contributed by atoms with van der Waals surface area (Å²) in [6.45, 7) is 0. The molecule has 1 aromatic rings. The molecule has 0 heterocycles. The number of rotatable bonds is 2. The Hall–Kier alpha value is -2.14. The van der Waals surface area contributed by atoms with E-state index in [-0.39, 0.29) is 0 Å². The van der Waals surface area contributed by atoms with Crippen LogP contribution < -0.4 is 0 Å². The van der Waals surface area contributed by atoms with Gasteiger partial charge in [0, 0.05) is 4.91 Å². The molecule has 0 aliphatic rings. The summed E-state index contributed by atoms with van der Waals surface area (Å²) >= 11 is 0. The molecule has 5 nitrogen and oxygen atoms in total. The summed E-state index contributed by atoms with van der Waals surface area (Å²) in [4.78, 5) is 12.8. The van der Waals surface area contributed by atoms with Gasteiger partial charge in [-0.05, 0) is 17.7 Å². The van der Waals surface area contributed by atoms with Gasteiger partial charge in [0.15, 0.2) is 11.6 Å². The number of halogens is 2. The van der Waals surface area contributed by atoms with E-state index in [9.17, 15) is 13.6 Å². The molecule has 0 atom stereocenters. The van der Waals surface area contributed by atoms with Crippen molar-refractivity contribution >= 4 is 11.7 Å². The maximum Gasteiger partial charge on any atom is 0.339 e. The minimum Gasteiger partial charge on any atom is -0.478 e.